The maximum atomic E-state index is 6.25. The minimum absolute atomic E-state index is 0.0877. The van der Waals surface area contributed by atoms with E-state index >= 15 is 0 Å². The molecule has 2 N–H and O–H groups in total. The molecule has 1 fully saturated rings. The van der Waals surface area contributed by atoms with Crippen LogP contribution in [0, 0.1) is 5.92 Å². The Hall–Kier alpha value is -1.30. The summed E-state index contributed by atoms with van der Waals surface area (Å²) in [6.07, 6.45) is 3.19. The lowest BCUT2D eigenvalue weighted by Gasteiger charge is -2.22. The average Bonchev–Trinajstić information content (AvgIpc) is 2.64. The maximum absolute atomic E-state index is 6.25. The molecule has 1 aromatic carbocycles. The molecule has 0 aliphatic carbocycles. The van der Waals surface area contributed by atoms with Crippen LogP contribution in [-0.2, 0) is 9.47 Å². The predicted molar refractivity (Wildman–Crippen MR) is 103 cm³/mol. The Bertz CT molecular complexity index is 533. The summed E-state index contributed by atoms with van der Waals surface area (Å²) < 4.78 is 11.1. The van der Waals surface area contributed by atoms with Gasteiger partial charge in [-0.05, 0) is 43.7 Å². The molecule has 0 aromatic heterocycles. The van der Waals surface area contributed by atoms with Gasteiger partial charge in [0.25, 0.3) is 0 Å². The summed E-state index contributed by atoms with van der Waals surface area (Å²) in [6.45, 7) is 6.26. The molecule has 0 radical (unpaired) electrons. The summed E-state index contributed by atoms with van der Waals surface area (Å²) in [6, 6.07) is 7.94. The van der Waals surface area contributed by atoms with E-state index in [9.17, 15) is 0 Å². The second-order valence-corrected chi connectivity index (χ2v) is 6.78. The lowest BCUT2D eigenvalue weighted by atomic mass is 10.0. The molecule has 2 rings (SSSR count). The van der Waals surface area contributed by atoms with Crippen molar-refractivity contribution in [1.29, 1.82) is 0 Å². The summed E-state index contributed by atoms with van der Waals surface area (Å²) in [5, 5.41) is 7.45. The molecule has 5 nitrogen and oxygen atoms in total. The molecule has 1 saturated heterocycles. The lowest BCUT2D eigenvalue weighted by molar-refractivity contribution is 0.0203. The van der Waals surface area contributed by atoms with E-state index in [1.807, 2.05) is 24.3 Å². The molecular formula is C19H30ClN3O2. The monoisotopic (exact) mass is 367 g/mol. The van der Waals surface area contributed by atoms with E-state index in [-0.39, 0.29) is 6.04 Å². The number of guanidine groups is 1. The molecule has 1 unspecified atom stereocenters. The fourth-order valence-corrected chi connectivity index (χ4v) is 3.15. The molecule has 1 aliphatic rings. The van der Waals surface area contributed by atoms with Crippen molar-refractivity contribution in [1.82, 2.24) is 10.6 Å². The van der Waals surface area contributed by atoms with Crippen LogP contribution in [0.1, 0.15) is 37.8 Å². The van der Waals surface area contributed by atoms with Crippen LogP contribution in [0.2, 0.25) is 5.02 Å². The van der Waals surface area contributed by atoms with E-state index in [0.717, 1.165) is 68.8 Å². The highest BCUT2D eigenvalue weighted by Crippen LogP contribution is 2.21. The fraction of sp³-hybridized carbons (Fsp3) is 0.632. The number of benzene rings is 1. The topological polar surface area (TPSA) is 54.9 Å². The van der Waals surface area contributed by atoms with Gasteiger partial charge in [-0.25, -0.2) is 0 Å². The fourth-order valence-electron chi connectivity index (χ4n) is 2.85. The lowest BCUT2D eigenvalue weighted by Crippen LogP contribution is -2.39. The van der Waals surface area contributed by atoms with Crippen LogP contribution in [-0.4, -0.2) is 46.0 Å². The highest BCUT2D eigenvalue weighted by Gasteiger charge is 2.13. The summed E-state index contributed by atoms with van der Waals surface area (Å²) in [5.41, 5.74) is 1.06. The summed E-state index contributed by atoms with van der Waals surface area (Å²) in [4.78, 5) is 4.27. The quantitative estimate of drug-likeness (QED) is 0.420. The molecular weight excluding hydrogens is 338 g/mol. The van der Waals surface area contributed by atoms with Gasteiger partial charge < -0.3 is 20.1 Å². The zero-order valence-electron chi connectivity index (χ0n) is 15.3. The number of hydrogen-bond donors (Lipinski definition) is 2. The average molecular weight is 368 g/mol. The van der Waals surface area contributed by atoms with Crippen LogP contribution in [0.5, 0.6) is 0 Å². The SMILES string of the molecule is CN=C(NCCCOCC1CCOCC1)NC(C)c1ccccc1Cl. The van der Waals surface area contributed by atoms with E-state index in [1.54, 1.807) is 7.05 Å². The van der Waals surface area contributed by atoms with Crippen LogP contribution in [0.4, 0.5) is 0 Å². The molecule has 0 spiro atoms. The number of rotatable bonds is 8. The van der Waals surface area contributed by atoms with Crippen molar-refractivity contribution in [3.63, 3.8) is 0 Å². The van der Waals surface area contributed by atoms with Gasteiger partial charge in [0.05, 0.1) is 6.04 Å². The third-order valence-corrected chi connectivity index (χ3v) is 4.75. The highest BCUT2D eigenvalue weighted by atomic mass is 35.5. The first-order valence-electron chi connectivity index (χ1n) is 9.07. The van der Waals surface area contributed by atoms with E-state index in [2.05, 4.69) is 22.5 Å². The predicted octanol–water partition coefficient (Wildman–Crippen LogP) is 3.40. The summed E-state index contributed by atoms with van der Waals surface area (Å²) >= 11 is 6.25. The van der Waals surface area contributed by atoms with E-state index < -0.39 is 0 Å². The highest BCUT2D eigenvalue weighted by molar-refractivity contribution is 6.31. The molecule has 0 bridgehead atoms. The third-order valence-electron chi connectivity index (χ3n) is 4.40. The maximum Gasteiger partial charge on any atom is 0.191 e. The van der Waals surface area contributed by atoms with Gasteiger partial charge in [0.2, 0.25) is 0 Å². The van der Waals surface area contributed by atoms with Gasteiger partial charge in [0, 0.05) is 45.0 Å². The van der Waals surface area contributed by atoms with Gasteiger partial charge in [-0.3, -0.25) is 4.99 Å². The Morgan fingerprint density at radius 3 is 2.84 bits per heavy atom. The molecule has 1 atom stereocenters. The summed E-state index contributed by atoms with van der Waals surface area (Å²) in [7, 11) is 1.77. The summed E-state index contributed by atoms with van der Waals surface area (Å²) in [5.74, 6) is 1.43. The normalized spacial score (nSPS) is 17.3. The molecule has 0 saturated carbocycles. The molecule has 0 amide bonds. The Kier molecular flexibility index (Phi) is 9.08. The molecule has 1 aliphatic heterocycles. The van der Waals surface area contributed by atoms with Crippen molar-refractivity contribution < 1.29 is 9.47 Å². The van der Waals surface area contributed by atoms with Gasteiger partial charge in [0.1, 0.15) is 0 Å². The standard InChI is InChI=1S/C19H30ClN3O2/c1-15(17-6-3-4-7-18(17)20)23-19(21-2)22-10-5-11-25-14-16-8-12-24-13-9-16/h3-4,6-7,15-16H,5,8-14H2,1-2H3,(H2,21,22,23). The zero-order chi connectivity index (χ0) is 17.9. The Morgan fingerprint density at radius 1 is 1.36 bits per heavy atom. The second-order valence-electron chi connectivity index (χ2n) is 6.37. The first kappa shape index (κ1) is 20.0. The van der Waals surface area contributed by atoms with Crippen LogP contribution in [0.15, 0.2) is 29.3 Å². The van der Waals surface area contributed by atoms with Gasteiger partial charge >= 0.3 is 0 Å². The van der Waals surface area contributed by atoms with E-state index in [4.69, 9.17) is 21.1 Å². The number of nitrogens with one attached hydrogen (secondary N) is 2. The minimum atomic E-state index is 0.0877. The molecule has 140 valence electrons. The number of hydrogen-bond acceptors (Lipinski definition) is 3. The van der Waals surface area contributed by atoms with Crippen LogP contribution >= 0.6 is 11.6 Å². The molecule has 1 aromatic rings. The Morgan fingerprint density at radius 2 is 2.12 bits per heavy atom. The number of ether oxygens (including phenoxy) is 2. The zero-order valence-corrected chi connectivity index (χ0v) is 16.0. The van der Waals surface area contributed by atoms with Crippen LogP contribution < -0.4 is 10.6 Å². The number of aliphatic imine (C=N–C) groups is 1. The van der Waals surface area contributed by atoms with Crippen LogP contribution in [0.3, 0.4) is 0 Å². The molecule has 1 heterocycles. The van der Waals surface area contributed by atoms with Crippen molar-refractivity contribution in [3.8, 4) is 0 Å². The smallest absolute Gasteiger partial charge is 0.191 e. The second kappa shape index (κ2) is 11.3. The van der Waals surface area contributed by atoms with Crippen molar-refractivity contribution in [2.45, 2.75) is 32.2 Å². The van der Waals surface area contributed by atoms with E-state index in [0.29, 0.717) is 5.92 Å². The van der Waals surface area contributed by atoms with Crippen molar-refractivity contribution in [2.24, 2.45) is 10.9 Å². The van der Waals surface area contributed by atoms with Gasteiger partial charge in [-0.2, -0.15) is 0 Å². The molecule has 6 heteroatoms. The van der Waals surface area contributed by atoms with Crippen molar-refractivity contribution in [3.05, 3.63) is 34.9 Å². The number of halogens is 1. The number of nitrogens with zero attached hydrogens (tertiary/aromatic N) is 1. The van der Waals surface area contributed by atoms with Gasteiger partial charge in [0.15, 0.2) is 5.96 Å². The largest absolute Gasteiger partial charge is 0.381 e. The van der Waals surface area contributed by atoms with Crippen molar-refractivity contribution in [2.75, 3.05) is 40.0 Å². The van der Waals surface area contributed by atoms with Crippen LogP contribution in [0.25, 0.3) is 0 Å². The first-order valence-corrected chi connectivity index (χ1v) is 9.45. The van der Waals surface area contributed by atoms with E-state index in [1.165, 1.54) is 0 Å². The van der Waals surface area contributed by atoms with Gasteiger partial charge in [-0.15, -0.1) is 0 Å². The first-order chi connectivity index (χ1) is 12.2. The minimum Gasteiger partial charge on any atom is -0.381 e. The molecule has 25 heavy (non-hydrogen) atoms. The third kappa shape index (κ3) is 7.22. The van der Waals surface area contributed by atoms with Crippen molar-refractivity contribution >= 4 is 17.6 Å². The Balaban J connectivity index is 1.61. The Labute approximate surface area is 156 Å². The van der Waals surface area contributed by atoms with Gasteiger partial charge in [-0.1, -0.05) is 29.8 Å².